The van der Waals surface area contributed by atoms with Gasteiger partial charge in [-0.05, 0) is 30.3 Å². The van der Waals surface area contributed by atoms with Crippen LogP contribution in [0.4, 0.5) is 22.0 Å². The van der Waals surface area contributed by atoms with Gasteiger partial charge < -0.3 is 4.74 Å². The molecule has 118 valence electrons. The first-order chi connectivity index (χ1) is 10.2. The van der Waals surface area contributed by atoms with Gasteiger partial charge in [0.2, 0.25) is 0 Å². The molecule has 0 saturated carbocycles. The molecule has 0 saturated heterocycles. The minimum absolute atomic E-state index is 0.0692. The van der Waals surface area contributed by atoms with Crippen LogP contribution < -0.4 is 4.74 Å². The molecular weight excluding hydrogens is 350 g/mol. The van der Waals surface area contributed by atoms with Crippen molar-refractivity contribution in [3.05, 3.63) is 52.0 Å². The molecule has 0 unspecified atom stereocenters. The van der Waals surface area contributed by atoms with Crippen molar-refractivity contribution in [3.8, 4) is 16.9 Å². The summed E-state index contributed by atoms with van der Waals surface area (Å²) in [6, 6.07) is 6.55. The number of hydrogen-bond donors (Lipinski definition) is 0. The zero-order chi connectivity index (χ0) is 16.5. The lowest BCUT2D eigenvalue weighted by molar-refractivity contribution is -0.137. The Morgan fingerprint density at radius 3 is 2.27 bits per heavy atom. The smallest absolute Gasteiger partial charge is 0.417 e. The highest BCUT2D eigenvalue weighted by molar-refractivity contribution is 6.35. The van der Waals surface area contributed by atoms with Crippen LogP contribution in [-0.4, -0.2) is 6.61 Å². The summed E-state index contributed by atoms with van der Waals surface area (Å²) in [5, 5.41) is 0.0413. The molecule has 8 heteroatoms. The predicted molar refractivity (Wildman–Crippen MR) is 73.5 cm³/mol. The maximum atomic E-state index is 13.2. The van der Waals surface area contributed by atoms with Gasteiger partial charge in [0.25, 0.3) is 0 Å². The summed E-state index contributed by atoms with van der Waals surface area (Å²) in [6.07, 6.45) is -4.78. The Labute approximate surface area is 132 Å². The summed E-state index contributed by atoms with van der Waals surface area (Å²) < 4.78 is 68.6. The molecule has 0 N–H and O–H groups in total. The molecule has 0 spiro atoms. The number of halogens is 7. The van der Waals surface area contributed by atoms with Crippen LogP contribution >= 0.6 is 23.2 Å². The van der Waals surface area contributed by atoms with Crippen molar-refractivity contribution < 1.29 is 26.7 Å². The lowest BCUT2D eigenvalue weighted by Crippen LogP contribution is -2.10. The van der Waals surface area contributed by atoms with E-state index >= 15 is 0 Å². The molecule has 1 nitrogen and oxygen atoms in total. The Morgan fingerprint density at radius 2 is 1.68 bits per heavy atom. The third-order valence-corrected chi connectivity index (χ3v) is 3.31. The molecule has 0 aliphatic rings. The number of rotatable bonds is 3. The largest absolute Gasteiger partial charge is 0.434 e. The van der Waals surface area contributed by atoms with E-state index in [1.807, 2.05) is 0 Å². The SMILES string of the molecule is FC(F)Oc1cccc(C(F)(F)F)c1-c1cc(Cl)ccc1Cl. The van der Waals surface area contributed by atoms with Gasteiger partial charge >= 0.3 is 12.8 Å². The zero-order valence-electron chi connectivity index (χ0n) is 10.6. The molecule has 0 fully saturated rings. The first kappa shape index (κ1) is 16.8. The topological polar surface area (TPSA) is 9.23 Å². The lowest BCUT2D eigenvalue weighted by Gasteiger charge is -2.18. The van der Waals surface area contributed by atoms with Crippen LogP contribution in [0, 0.1) is 0 Å². The standard InChI is InChI=1S/C14H7Cl2F5O/c15-7-4-5-10(16)8(6-7)12-9(14(19,20)21)2-1-3-11(12)22-13(17)18/h1-6,13H. The van der Waals surface area contributed by atoms with Crippen LogP contribution in [0.15, 0.2) is 36.4 Å². The summed E-state index contributed by atoms with van der Waals surface area (Å²) in [7, 11) is 0. The molecular formula is C14H7Cl2F5O. The van der Waals surface area contributed by atoms with E-state index in [2.05, 4.69) is 4.74 Å². The molecule has 2 aromatic rings. The van der Waals surface area contributed by atoms with Crippen molar-refractivity contribution in [1.29, 1.82) is 0 Å². The fourth-order valence-electron chi connectivity index (χ4n) is 1.93. The highest BCUT2D eigenvalue weighted by atomic mass is 35.5. The van der Waals surface area contributed by atoms with Gasteiger partial charge in [-0.15, -0.1) is 0 Å². The van der Waals surface area contributed by atoms with Gasteiger partial charge in [0, 0.05) is 21.2 Å². The number of ether oxygens (including phenoxy) is 1. The second-order valence-corrected chi connectivity index (χ2v) is 5.02. The minimum Gasteiger partial charge on any atom is -0.434 e. The maximum absolute atomic E-state index is 13.2. The summed E-state index contributed by atoms with van der Waals surface area (Å²) >= 11 is 11.7. The van der Waals surface area contributed by atoms with E-state index in [-0.39, 0.29) is 15.6 Å². The second kappa shape index (κ2) is 6.30. The summed E-state index contributed by atoms with van der Waals surface area (Å²) in [4.78, 5) is 0. The van der Waals surface area contributed by atoms with Gasteiger partial charge in [-0.2, -0.15) is 22.0 Å². The minimum atomic E-state index is -4.78. The average Bonchev–Trinajstić information content (AvgIpc) is 2.40. The molecule has 2 rings (SSSR count). The maximum Gasteiger partial charge on any atom is 0.417 e. The van der Waals surface area contributed by atoms with Gasteiger partial charge in [0.1, 0.15) is 5.75 Å². The first-order valence-electron chi connectivity index (χ1n) is 5.80. The Kier molecular flexibility index (Phi) is 4.82. The molecule has 0 radical (unpaired) electrons. The molecule has 0 aliphatic carbocycles. The summed E-state index contributed by atoms with van der Waals surface area (Å²) in [5.41, 5.74) is -1.87. The van der Waals surface area contributed by atoms with E-state index < -0.39 is 29.7 Å². The van der Waals surface area contributed by atoms with Crippen molar-refractivity contribution in [2.45, 2.75) is 12.8 Å². The fraction of sp³-hybridized carbons (Fsp3) is 0.143. The average molecular weight is 357 g/mol. The van der Waals surface area contributed by atoms with Crippen molar-refractivity contribution in [2.24, 2.45) is 0 Å². The van der Waals surface area contributed by atoms with Crippen molar-refractivity contribution in [3.63, 3.8) is 0 Å². The van der Waals surface area contributed by atoms with Crippen molar-refractivity contribution in [1.82, 2.24) is 0 Å². The fourth-order valence-corrected chi connectivity index (χ4v) is 2.31. The van der Waals surface area contributed by atoms with E-state index in [1.54, 1.807) is 0 Å². The predicted octanol–water partition coefficient (Wildman–Crippen LogP) is 6.28. The third-order valence-electron chi connectivity index (χ3n) is 2.75. The van der Waals surface area contributed by atoms with E-state index in [4.69, 9.17) is 23.2 Å². The van der Waals surface area contributed by atoms with Gasteiger partial charge in [-0.25, -0.2) is 0 Å². The van der Waals surface area contributed by atoms with E-state index in [0.717, 1.165) is 24.3 Å². The van der Waals surface area contributed by atoms with Crippen LogP contribution in [0.3, 0.4) is 0 Å². The highest BCUT2D eigenvalue weighted by Crippen LogP contribution is 2.45. The van der Waals surface area contributed by atoms with Crippen LogP contribution in [0.5, 0.6) is 5.75 Å². The molecule has 0 amide bonds. The van der Waals surface area contributed by atoms with E-state index in [9.17, 15) is 22.0 Å². The lowest BCUT2D eigenvalue weighted by atomic mass is 9.98. The highest BCUT2D eigenvalue weighted by Gasteiger charge is 2.36. The number of hydrogen-bond acceptors (Lipinski definition) is 1. The quantitative estimate of drug-likeness (QED) is 0.588. The third kappa shape index (κ3) is 3.62. The van der Waals surface area contributed by atoms with Gasteiger partial charge in [0.05, 0.1) is 5.56 Å². The number of benzene rings is 2. The second-order valence-electron chi connectivity index (χ2n) is 4.18. The normalized spacial score (nSPS) is 11.8. The van der Waals surface area contributed by atoms with Crippen LogP contribution in [0.2, 0.25) is 10.0 Å². The monoisotopic (exact) mass is 356 g/mol. The Bertz CT molecular complexity index is 685. The zero-order valence-corrected chi connectivity index (χ0v) is 12.1. The summed E-state index contributed by atoms with van der Waals surface area (Å²) in [6.45, 7) is -3.28. The van der Waals surface area contributed by atoms with Crippen molar-refractivity contribution >= 4 is 23.2 Å². The van der Waals surface area contributed by atoms with Crippen LogP contribution in [0.1, 0.15) is 5.56 Å². The van der Waals surface area contributed by atoms with E-state index in [1.165, 1.54) is 12.1 Å². The molecule has 0 heterocycles. The Morgan fingerprint density at radius 1 is 1.00 bits per heavy atom. The van der Waals surface area contributed by atoms with Crippen LogP contribution in [-0.2, 0) is 6.18 Å². The van der Waals surface area contributed by atoms with Gasteiger partial charge in [-0.3, -0.25) is 0 Å². The Balaban J connectivity index is 2.77. The van der Waals surface area contributed by atoms with Crippen LogP contribution in [0.25, 0.3) is 11.1 Å². The van der Waals surface area contributed by atoms with E-state index in [0.29, 0.717) is 0 Å². The molecule has 0 aliphatic heterocycles. The molecule has 0 aromatic heterocycles. The molecule has 0 bridgehead atoms. The first-order valence-corrected chi connectivity index (χ1v) is 6.56. The molecule has 2 aromatic carbocycles. The Hall–Kier alpha value is -1.53. The number of alkyl halides is 5. The van der Waals surface area contributed by atoms with Gasteiger partial charge in [0.15, 0.2) is 0 Å². The van der Waals surface area contributed by atoms with Crippen molar-refractivity contribution in [2.75, 3.05) is 0 Å². The molecule has 22 heavy (non-hydrogen) atoms. The summed E-state index contributed by atoms with van der Waals surface area (Å²) in [5.74, 6) is -0.631. The molecule has 0 atom stereocenters. The van der Waals surface area contributed by atoms with Gasteiger partial charge in [-0.1, -0.05) is 29.3 Å².